The number of hydrogen-bond donors (Lipinski definition) is 2. The summed E-state index contributed by atoms with van der Waals surface area (Å²) < 4.78 is 10.4. The van der Waals surface area contributed by atoms with Crippen LogP contribution in [0, 0.1) is 0 Å². The number of carbonyl (C=O) groups is 1. The van der Waals surface area contributed by atoms with Crippen LogP contribution in [0.2, 0.25) is 0 Å². The Labute approximate surface area is 117 Å². The third kappa shape index (κ3) is 3.54. The molecule has 0 atom stereocenters. The number of aromatic nitrogens is 1. The van der Waals surface area contributed by atoms with Crippen LogP contribution in [0.15, 0.2) is 36.7 Å². The van der Waals surface area contributed by atoms with Gasteiger partial charge in [-0.25, -0.2) is 0 Å². The molecule has 2 rings (SSSR count). The van der Waals surface area contributed by atoms with Crippen molar-refractivity contribution >= 4 is 5.91 Å². The topological polar surface area (TPSA) is 63.3 Å². The maximum absolute atomic E-state index is 11.9. The first-order chi connectivity index (χ1) is 9.72. The van der Waals surface area contributed by atoms with Crippen LogP contribution in [0.3, 0.4) is 0 Å². The number of methoxy groups -OCH3 is 2. The molecule has 0 saturated heterocycles. The molecule has 0 radical (unpaired) electrons. The van der Waals surface area contributed by atoms with E-state index in [0.29, 0.717) is 24.5 Å². The van der Waals surface area contributed by atoms with E-state index in [9.17, 15) is 4.79 Å². The summed E-state index contributed by atoms with van der Waals surface area (Å²) in [5.74, 6) is 1.26. The van der Waals surface area contributed by atoms with Gasteiger partial charge in [0, 0.05) is 18.9 Å². The molecule has 1 aromatic carbocycles. The highest BCUT2D eigenvalue weighted by atomic mass is 16.5. The number of ether oxygens (including phenoxy) is 2. The summed E-state index contributed by atoms with van der Waals surface area (Å²) in [7, 11) is 3.16. The number of aromatic amines is 1. The third-order valence-electron chi connectivity index (χ3n) is 2.96. The summed E-state index contributed by atoms with van der Waals surface area (Å²) in [6, 6.07) is 7.40. The van der Waals surface area contributed by atoms with Crippen LogP contribution in [-0.4, -0.2) is 25.1 Å². The van der Waals surface area contributed by atoms with Crippen molar-refractivity contribution in [3.63, 3.8) is 0 Å². The van der Waals surface area contributed by atoms with Crippen molar-refractivity contribution in [2.75, 3.05) is 14.2 Å². The molecule has 2 N–H and O–H groups in total. The summed E-state index contributed by atoms with van der Waals surface area (Å²) in [6.45, 7) is 0.523. The van der Waals surface area contributed by atoms with Gasteiger partial charge in [0.25, 0.3) is 0 Å². The minimum atomic E-state index is -0.0292. The molecule has 20 heavy (non-hydrogen) atoms. The van der Waals surface area contributed by atoms with E-state index in [4.69, 9.17) is 9.47 Å². The summed E-state index contributed by atoms with van der Waals surface area (Å²) in [4.78, 5) is 14.8. The summed E-state index contributed by atoms with van der Waals surface area (Å²) >= 11 is 0. The number of nitrogens with one attached hydrogen (secondary N) is 2. The Hall–Kier alpha value is -2.43. The normalized spacial score (nSPS) is 10.1. The van der Waals surface area contributed by atoms with E-state index < -0.39 is 0 Å². The standard InChI is InChI=1S/C15H18N2O3/c1-19-13-4-3-11(7-14(13)20-2)8-15(18)17-10-12-5-6-16-9-12/h3-7,9,16H,8,10H2,1-2H3,(H,17,18). The SMILES string of the molecule is COc1ccc(CC(=O)NCc2cc[nH]c2)cc1OC. The predicted molar refractivity (Wildman–Crippen MR) is 75.9 cm³/mol. The van der Waals surface area contributed by atoms with Gasteiger partial charge in [0.05, 0.1) is 20.6 Å². The highest BCUT2D eigenvalue weighted by Crippen LogP contribution is 2.27. The molecule has 0 fully saturated rings. The number of rotatable bonds is 6. The fourth-order valence-corrected chi connectivity index (χ4v) is 1.91. The van der Waals surface area contributed by atoms with Crippen LogP contribution in [0.4, 0.5) is 0 Å². The van der Waals surface area contributed by atoms with Gasteiger partial charge in [-0.1, -0.05) is 6.07 Å². The second kappa shape index (κ2) is 6.65. The Morgan fingerprint density at radius 3 is 2.60 bits per heavy atom. The van der Waals surface area contributed by atoms with Gasteiger partial charge in [-0.05, 0) is 29.3 Å². The molecule has 2 aromatic rings. The van der Waals surface area contributed by atoms with Gasteiger partial charge < -0.3 is 19.8 Å². The number of carbonyl (C=O) groups excluding carboxylic acids is 1. The fraction of sp³-hybridized carbons (Fsp3) is 0.267. The smallest absolute Gasteiger partial charge is 0.224 e. The van der Waals surface area contributed by atoms with Gasteiger partial charge >= 0.3 is 0 Å². The van der Waals surface area contributed by atoms with Crippen molar-refractivity contribution in [3.8, 4) is 11.5 Å². The van der Waals surface area contributed by atoms with Gasteiger partial charge in [0.1, 0.15) is 0 Å². The second-order valence-electron chi connectivity index (χ2n) is 4.36. The zero-order chi connectivity index (χ0) is 14.4. The van der Waals surface area contributed by atoms with Crippen molar-refractivity contribution in [1.29, 1.82) is 0 Å². The average Bonchev–Trinajstić information content (AvgIpc) is 2.98. The van der Waals surface area contributed by atoms with Crippen molar-refractivity contribution in [3.05, 3.63) is 47.8 Å². The Balaban J connectivity index is 1.93. The molecule has 0 unspecified atom stereocenters. The molecule has 0 bridgehead atoms. The largest absolute Gasteiger partial charge is 0.493 e. The molecule has 1 amide bonds. The van der Waals surface area contributed by atoms with Crippen LogP contribution in [-0.2, 0) is 17.8 Å². The van der Waals surface area contributed by atoms with Crippen molar-refractivity contribution < 1.29 is 14.3 Å². The van der Waals surface area contributed by atoms with Crippen LogP contribution < -0.4 is 14.8 Å². The highest BCUT2D eigenvalue weighted by Gasteiger charge is 2.08. The van der Waals surface area contributed by atoms with E-state index >= 15 is 0 Å². The Morgan fingerprint density at radius 2 is 1.95 bits per heavy atom. The average molecular weight is 274 g/mol. The molecule has 0 aliphatic rings. The zero-order valence-corrected chi connectivity index (χ0v) is 11.6. The number of H-pyrrole nitrogens is 1. The van der Waals surface area contributed by atoms with Gasteiger partial charge in [-0.3, -0.25) is 4.79 Å². The quantitative estimate of drug-likeness (QED) is 0.845. The fourth-order valence-electron chi connectivity index (χ4n) is 1.91. The minimum absolute atomic E-state index is 0.0292. The molecule has 5 nitrogen and oxygen atoms in total. The lowest BCUT2D eigenvalue weighted by molar-refractivity contribution is -0.120. The Kier molecular flexibility index (Phi) is 4.65. The number of benzene rings is 1. The maximum atomic E-state index is 11.9. The summed E-state index contributed by atoms with van der Waals surface area (Å²) in [5.41, 5.74) is 1.93. The molecular weight excluding hydrogens is 256 g/mol. The second-order valence-corrected chi connectivity index (χ2v) is 4.36. The molecule has 0 aliphatic carbocycles. The van der Waals surface area contributed by atoms with Crippen LogP contribution in [0.5, 0.6) is 11.5 Å². The molecule has 1 aromatic heterocycles. The molecule has 0 saturated carbocycles. The zero-order valence-electron chi connectivity index (χ0n) is 11.6. The Morgan fingerprint density at radius 1 is 1.15 bits per heavy atom. The monoisotopic (exact) mass is 274 g/mol. The first-order valence-electron chi connectivity index (χ1n) is 6.32. The molecule has 5 heteroatoms. The van der Waals surface area contributed by atoms with E-state index in [1.807, 2.05) is 30.6 Å². The van der Waals surface area contributed by atoms with Gasteiger partial charge in [0.15, 0.2) is 11.5 Å². The van der Waals surface area contributed by atoms with Gasteiger partial charge in [-0.2, -0.15) is 0 Å². The van der Waals surface area contributed by atoms with Crippen molar-refractivity contribution in [2.24, 2.45) is 0 Å². The third-order valence-corrected chi connectivity index (χ3v) is 2.96. The van der Waals surface area contributed by atoms with E-state index in [-0.39, 0.29) is 5.91 Å². The van der Waals surface area contributed by atoms with Gasteiger partial charge in [-0.15, -0.1) is 0 Å². The maximum Gasteiger partial charge on any atom is 0.224 e. The first kappa shape index (κ1) is 14.0. The van der Waals surface area contributed by atoms with E-state index in [1.54, 1.807) is 20.3 Å². The first-order valence-corrected chi connectivity index (χ1v) is 6.32. The van der Waals surface area contributed by atoms with Crippen LogP contribution in [0.25, 0.3) is 0 Å². The lowest BCUT2D eigenvalue weighted by Crippen LogP contribution is -2.24. The summed E-state index contributed by atoms with van der Waals surface area (Å²) in [5, 5.41) is 2.87. The molecule has 0 aliphatic heterocycles. The molecular formula is C15H18N2O3. The lowest BCUT2D eigenvalue weighted by atomic mass is 10.1. The number of hydrogen-bond acceptors (Lipinski definition) is 3. The van der Waals surface area contributed by atoms with Crippen molar-refractivity contribution in [1.82, 2.24) is 10.3 Å². The van der Waals surface area contributed by atoms with Crippen LogP contribution in [0.1, 0.15) is 11.1 Å². The van der Waals surface area contributed by atoms with Gasteiger partial charge in [0.2, 0.25) is 5.91 Å². The van der Waals surface area contributed by atoms with Crippen LogP contribution >= 0.6 is 0 Å². The van der Waals surface area contributed by atoms with Crippen molar-refractivity contribution in [2.45, 2.75) is 13.0 Å². The predicted octanol–water partition coefficient (Wildman–Crippen LogP) is 1.89. The Bertz CT molecular complexity index is 565. The van der Waals surface area contributed by atoms with E-state index in [1.165, 1.54) is 0 Å². The molecule has 0 spiro atoms. The lowest BCUT2D eigenvalue weighted by Gasteiger charge is -2.09. The van der Waals surface area contributed by atoms with E-state index in [0.717, 1.165) is 11.1 Å². The number of amides is 1. The molecule has 1 heterocycles. The molecule has 106 valence electrons. The highest BCUT2D eigenvalue weighted by molar-refractivity contribution is 5.78. The minimum Gasteiger partial charge on any atom is -0.493 e. The summed E-state index contributed by atoms with van der Waals surface area (Å²) in [6.07, 6.45) is 4.00. The van der Waals surface area contributed by atoms with E-state index in [2.05, 4.69) is 10.3 Å².